The summed E-state index contributed by atoms with van der Waals surface area (Å²) in [4.78, 5) is 23.6. The van der Waals surface area contributed by atoms with Crippen molar-refractivity contribution in [3.63, 3.8) is 0 Å². The van der Waals surface area contributed by atoms with E-state index in [0.29, 0.717) is 6.61 Å². The lowest BCUT2D eigenvalue weighted by Gasteiger charge is -2.15. The average Bonchev–Trinajstić information content (AvgIpc) is 2.92. The summed E-state index contributed by atoms with van der Waals surface area (Å²) in [5, 5.41) is 2.95. The molecule has 0 heterocycles. The van der Waals surface area contributed by atoms with E-state index in [-0.39, 0.29) is 18.6 Å². The van der Waals surface area contributed by atoms with Gasteiger partial charge < -0.3 is 14.8 Å². The Hall–Kier alpha value is -2.56. The van der Waals surface area contributed by atoms with E-state index >= 15 is 0 Å². The number of amides is 1. The number of nitrogens with one attached hydrogen (secondary N) is 1. The highest BCUT2D eigenvalue weighted by Gasteiger charge is 2.15. The second-order valence-corrected chi connectivity index (χ2v) is 6.37. The predicted molar refractivity (Wildman–Crippen MR) is 102 cm³/mol. The number of ether oxygens (including phenoxy) is 2. The maximum atomic E-state index is 11.9. The second-order valence-electron chi connectivity index (χ2n) is 6.37. The van der Waals surface area contributed by atoms with Gasteiger partial charge in [-0.2, -0.15) is 0 Å². The zero-order chi connectivity index (χ0) is 18.6. The fourth-order valence-corrected chi connectivity index (χ4v) is 2.87. The van der Waals surface area contributed by atoms with Crippen LogP contribution >= 0.6 is 0 Å². The topological polar surface area (TPSA) is 64.6 Å². The van der Waals surface area contributed by atoms with Gasteiger partial charge in [-0.3, -0.25) is 4.79 Å². The molecule has 1 aliphatic rings. The normalized spacial score (nSPS) is 15.2. The SMILES string of the molecule is C=CCOc1ccc(/C=C/C(=O)OCC(=O)NC2CCCCCC2)cc1. The second kappa shape index (κ2) is 11.1. The molecule has 140 valence electrons. The smallest absolute Gasteiger partial charge is 0.331 e. The van der Waals surface area contributed by atoms with Crippen molar-refractivity contribution in [2.45, 2.75) is 44.6 Å². The molecule has 0 unspecified atom stereocenters. The minimum Gasteiger partial charge on any atom is -0.490 e. The van der Waals surface area contributed by atoms with Crippen LogP contribution in [0.2, 0.25) is 0 Å². The van der Waals surface area contributed by atoms with Crippen LogP contribution in [0.3, 0.4) is 0 Å². The Morgan fingerprint density at radius 1 is 1.12 bits per heavy atom. The molecule has 0 bridgehead atoms. The first kappa shape index (κ1) is 19.8. The molecule has 0 radical (unpaired) electrons. The van der Waals surface area contributed by atoms with Crippen LogP contribution in [0, 0.1) is 0 Å². The summed E-state index contributed by atoms with van der Waals surface area (Å²) in [6.07, 6.45) is 11.4. The molecule has 1 N–H and O–H groups in total. The Labute approximate surface area is 155 Å². The fraction of sp³-hybridized carbons (Fsp3) is 0.429. The van der Waals surface area contributed by atoms with Gasteiger partial charge in [-0.15, -0.1) is 0 Å². The molecular formula is C21H27NO4. The summed E-state index contributed by atoms with van der Waals surface area (Å²) in [6, 6.07) is 7.51. The Morgan fingerprint density at radius 3 is 2.46 bits per heavy atom. The molecule has 26 heavy (non-hydrogen) atoms. The van der Waals surface area contributed by atoms with E-state index < -0.39 is 5.97 Å². The lowest BCUT2D eigenvalue weighted by molar-refractivity contribution is -0.144. The predicted octanol–water partition coefficient (Wildman–Crippen LogP) is 3.65. The van der Waals surface area contributed by atoms with Crippen LogP contribution < -0.4 is 10.1 Å². The van der Waals surface area contributed by atoms with E-state index in [2.05, 4.69) is 11.9 Å². The van der Waals surface area contributed by atoms with Gasteiger partial charge >= 0.3 is 5.97 Å². The van der Waals surface area contributed by atoms with E-state index in [1.54, 1.807) is 12.2 Å². The summed E-state index contributed by atoms with van der Waals surface area (Å²) in [7, 11) is 0. The molecule has 1 amide bonds. The van der Waals surface area contributed by atoms with E-state index in [1.807, 2.05) is 24.3 Å². The zero-order valence-corrected chi connectivity index (χ0v) is 15.1. The third kappa shape index (κ3) is 7.55. The molecule has 5 nitrogen and oxygen atoms in total. The van der Waals surface area contributed by atoms with Crippen molar-refractivity contribution in [1.29, 1.82) is 0 Å². The maximum absolute atomic E-state index is 11.9. The standard InChI is InChI=1S/C21H27NO4/c1-2-15-25-19-12-9-17(10-13-19)11-14-21(24)26-16-20(23)22-18-7-5-3-4-6-8-18/h2,9-14,18H,1,3-8,15-16H2,(H,22,23)/b14-11+. The first-order chi connectivity index (χ1) is 12.7. The Kier molecular flexibility index (Phi) is 8.46. The van der Waals surface area contributed by atoms with Crippen molar-refractivity contribution in [3.05, 3.63) is 48.6 Å². The number of esters is 1. The summed E-state index contributed by atoms with van der Waals surface area (Å²) >= 11 is 0. The highest BCUT2D eigenvalue weighted by molar-refractivity contribution is 5.89. The van der Waals surface area contributed by atoms with Gasteiger partial charge in [0.25, 0.3) is 5.91 Å². The average molecular weight is 357 g/mol. The molecule has 2 rings (SSSR count). The quantitative estimate of drug-likeness (QED) is 0.334. The van der Waals surface area contributed by atoms with E-state index in [1.165, 1.54) is 18.9 Å². The van der Waals surface area contributed by atoms with Crippen LogP contribution in [0.1, 0.15) is 44.1 Å². The number of hydrogen-bond donors (Lipinski definition) is 1. The molecular weight excluding hydrogens is 330 g/mol. The molecule has 0 aromatic heterocycles. The van der Waals surface area contributed by atoms with Crippen molar-refractivity contribution < 1.29 is 19.1 Å². The molecule has 1 fully saturated rings. The minimum atomic E-state index is -0.534. The number of carbonyl (C=O) groups excluding carboxylic acids is 2. The van der Waals surface area contributed by atoms with Crippen LogP contribution in [0.15, 0.2) is 43.0 Å². The van der Waals surface area contributed by atoms with Crippen molar-refractivity contribution in [1.82, 2.24) is 5.32 Å². The fourth-order valence-electron chi connectivity index (χ4n) is 2.87. The van der Waals surface area contributed by atoms with Crippen LogP contribution in [-0.2, 0) is 14.3 Å². The third-order valence-corrected chi connectivity index (χ3v) is 4.23. The van der Waals surface area contributed by atoms with E-state index in [0.717, 1.165) is 37.0 Å². The summed E-state index contributed by atoms with van der Waals surface area (Å²) < 4.78 is 10.4. The van der Waals surface area contributed by atoms with Crippen molar-refractivity contribution >= 4 is 18.0 Å². The lowest BCUT2D eigenvalue weighted by Crippen LogP contribution is -2.37. The monoisotopic (exact) mass is 357 g/mol. The van der Waals surface area contributed by atoms with Crippen LogP contribution in [-0.4, -0.2) is 31.1 Å². The van der Waals surface area contributed by atoms with Crippen LogP contribution in [0.4, 0.5) is 0 Å². The number of benzene rings is 1. The zero-order valence-electron chi connectivity index (χ0n) is 15.1. The molecule has 1 aliphatic carbocycles. The van der Waals surface area contributed by atoms with E-state index in [9.17, 15) is 9.59 Å². The van der Waals surface area contributed by atoms with E-state index in [4.69, 9.17) is 9.47 Å². The van der Waals surface area contributed by atoms with Gasteiger partial charge in [-0.25, -0.2) is 4.79 Å². The highest BCUT2D eigenvalue weighted by atomic mass is 16.5. The Morgan fingerprint density at radius 2 is 1.81 bits per heavy atom. The van der Waals surface area contributed by atoms with Gasteiger partial charge in [0.2, 0.25) is 0 Å². The van der Waals surface area contributed by atoms with Crippen molar-refractivity contribution in [2.24, 2.45) is 0 Å². The molecule has 0 atom stereocenters. The van der Waals surface area contributed by atoms with Crippen LogP contribution in [0.5, 0.6) is 5.75 Å². The third-order valence-electron chi connectivity index (χ3n) is 4.23. The first-order valence-electron chi connectivity index (χ1n) is 9.15. The molecule has 0 saturated heterocycles. The number of carbonyl (C=O) groups is 2. The van der Waals surface area contributed by atoms with Crippen molar-refractivity contribution in [3.8, 4) is 5.75 Å². The molecule has 1 aromatic rings. The summed E-state index contributed by atoms with van der Waals surface area (Å²) in [6.45, 7) is 3.80. The van der Waals surface area contributed by atoms with Gasteiger partial charge in [0.15, 0.2) is 6.61 Å². The number of hydrogen-bond acceptors (Lipinski definition) is 4. The lowest BCUT2D eigenvalue weighted by atomic mass is 10.1. The molecule has 0 spiro atoms. The molecule has 1 aromatic carbocycles. The molecule has 1 saturated carbocycles. The molecule has 0 aliphatic heterocycles. The largest absolute Gasteiger partial charge is 0.490 e. The molecule has 5 heteroatoms. The van der Waals surface area contributed by atoms with Crippen LogP contribution in [0.25, 0.3) is 6.08 Å². The first-order valence-corrected chi connectivity index (χ1v) is 9.15. The van der Waals surface area contributed by atoms with Gasteiger partial charge in [-0.05, 0) is 36.6 Å². The van der Waals surface area contributed by atoms with Gasteiger partial charge in [0, 0.05) is 12.1 Å². The minimum absolute atomic E-state index is 0.209. The summed E-state index contributed by atoms with van der Waals surface area (Å²) in [5.74, 6) is -0.0322. The summed E-state index contributed by atoms with van der Waals surface area (Å²) in [5.41, 5.74) is 0.843. The van der Waals surface area contributed by atoms with Gasteiger partial charge in [0.1, 0.15) is 12.4 Å². The maximum Gasteiger partial charge on any atom is 0.331 e. The Balaban J connectivity index is 1.70. The number of rotatable bonds is 8. The van der Waals surface area contributed by atoms with Gasteiger partial charge in [-0.1, -0.05) is 50.5 Å². The van der Waals surface area contributed by atoms with Gasteiger partial charge in [0.05, 0.1) is 0 Å². The highest BCUT2D eigenvalue weighted by Crippen LogP contribution is 2.17. The Bertz CT molecular complexity index is 613. The van der Waals surface area contributed by atoms with Crippen molar-refractivity contribution in [2.75, 3.05) is 13.2 Å².